The standard InChI is InChI=1S/C17H36N2O4/c1-16(20)22-14-12-18(3,4)10-8-7-9-11-19(5,6)13-15-23-17(2)21/h7-15H2,1-6H3/q+2. The molecule has 0 heterocycles. The zero-order valence-electron chi connectivity index (χ0n) is 15.9. The zero-order chi connectivity index (χ0) is 17.9. The van der Waals surface area contributed by atoms with Gasteiger partial charge in [-0.05, 0) is 19.3 Å². The Morgan fingerprint density at radius 1 is 0.652 bits per heavy atom. The van der Waals surface area contributed by atoms with Crippen LogP contribution in [-0.2, 0) is 19.1 Å². The maximum Gasteiger partial charge on any atom is 0.302 e. The summed E-state index contributed by atoms with van der Waals surface area (Å²) in [5, 5.41) is 0. The second-order valence-corrected chi connectivity index (χ2v) is 7.51. The molecule has 0 saturated carbocycles. The first kappa shape index (κ1) is 21.9. The first-order valence-electron chi connectivity index (χ1n) is 8.45. The van der Waals surface area contributed by atoms with E-state index in [9.17, 15) is 9.59 Å². The van der Waals surface area contributed by atoms with Gasteiger partial charge in [0, 0.05) is 13.8 Å². The van der Waals surface area contributed by atoms with Crippen molar-refractivity contribution in [1.82, 2.24) is 0 Å². The minimum atomic E-state index is -0.209. The second kappa shape index (κ2) is 10.6. The first-order chi connectivity index (χ1) is 10.5. The molecule has 136 valence electrons. The molecular weight excluding hydrogens is 296 g/mol. The summed E-state index contributed by atoms with van der Waals surface area (Å²) < 4.78 is 11.8. The summed E-state index contributed by atoms with van der Waals surface area (Å²) in [6.07, 6.45) is 3.51. The predicted octanol–water partition coefficient (Wildman–Crippen LogP) is 1.44. The lowest BCUT2D eigenvalue weighted by Gasteiger charge is -2.31. The topological polar surface area (TPSA) is 52.6 Å². The van der Waals surface area contributed by atoms with E-state index in [0.717, 1.165) is 48.0 Å². The van der Waals surface area contributed by atoms with Crippen molar-refractivity contribution in [2.24, 2.45) is 0 Å². The monoisotopic (exact) mass is 332 g/mol. The predicted molar refractivity (Wildman–Crippen MR) is 90.8 cm³/mol. The fraction of sp³-hybridized carbons (Fsp3) is 0.882. The molecule has 6 nitrogen and oxygen atoms in total. The summed E-state index contributed by atoms with van der Waals surface area (Å²) >= 11 is 0. The van der Waals surface area contributed by atoms with Gasteiger partial charge >= 0.3 is 11.9 Å². The maximum atomic E-state index is 10.8. The highest BCUT2D eigenvalue weighted by Gasteiger charge is 2.17. The van der Waals surface area contributed by atoms with Crippen molar-refractivity contribution in [3.8, 4) is 0 Å². The molecule has 23 heavy (non-hydrogen) atoms. The molecule has 0 aromatic carbocycles. The number of unbranched alkanes of at least 4 members (excludes halogenated alkanes) is 2. The van der Waals surface area contributed by atoms with Crippen LogP contribution in [0.2, 0.25) is 0 Å². The number of esters is 2. The van der Waals surface area contributed by atoms with Gasteiger partial charge in [0.2, 0.25) is 0 Å². The lowest BCUT2D eigenvalue weighted by atomic mass is 10.2. The highest BCUT2D eigenvalue weighted by molar-refractivity contribution is 5.66. The molecule has 0 radical (unpaired) electrons. The Hall–Kier alpha value is -1.14. The van der Waals surface area contributed by atoms with Gasteiger partial charge in [0.15, 0.2) is 0 Å². The number of likely N-dealkylation sites (N-methyl/N-ethyl adjacent to an activating group) is 2. The number of carbonyl (C=O) groups is 2. The molecule has 0 fully saturated rings. The maximum absolute atomic E-state index is 10.8. The lowest BCUT2D eigenvalue weighted by Crippen LogP contribution is -2.44. The van der Waals surface area contributed by atoms with Crippen LogP contribution in [0.15, 0.2) is 0 Å². The van der Waals surface area contributed by atoms with Crippen LogP contribution in [0.5, 0.6) is 0 Å². The fourth-order valence-electron chi connectivity index (χ4n) is 2.35. The van der Waals surface area contributed by atoms with Crippen LogP contribution in [0.25, 0.3) is 0 Å². The van der Waals surface area contributed by atoms with Crippen LogP contribution in [-0.4, -0.2) is 88.5 Å². The number of carbonyl (C=O) groups excluding carboxylic acids is 2. The largest absolute Gasteiger partial charge is 0.460 e. The van der Waals surface area contributed by atoms with Crippen LogP contribution >= 0.6 is 0 Å². The van der Waals surface area contributed by atoms with E-state index in [1.807, 2.05) is 0 Å². The van der Waals surface area contributed by atoms with Gasteiger partial charge in [-0.2, -0.15) is 0 Å². The van der Waals surface area contributed by atoms with Crippen molar-refractivity contribution in [2.45, 2.75) is 33.1 Å². The SMILES string of the molecule is CC(=O)OCC[N+](C)(C)CCCCC[N+](C)(C)CCOC(C)=O. The van der Waals surface area contributed by atoms with Gasteiger partial charge in [-0.25, -0.2) is 0 Å². The van der Waals surface area contributed by atoms with Gasteiger partial charge in [0.1, 0.15) is 26.3 Å². The third kappa shape index (κ3) is 14.2. The minimum absolute atomic E-state index is 0.209. The Labute approximate surface area is 141 Å². The van der Waals surface area contributed by atoms with Gasteiger partial charge in [0.05, 0.1) is 41.3 Å². The molecule has 0 aromatic rings. The zero-order valence-corrected chi connectivity index (χ0v) is 15.9. The molecule has 0 unspecified atom stereocenters. The summed E-state index contributed by atoms with van der Waals surface area (Å²) in [5.74, 6) is -0.419. The molecule has 0 rings (SSSR count). The summed E-state index contributed by atoms with van der Waals surface area (Å²) in [4.78, 5) is 21.6. The van der Waals surface area contributed by atoms with Crippen molar-refractivity contribution in [3.05, 3.63) is 0 Å². The van der Waals surface area contributed by atoms with Crippen LogP contribution in [0.4, 0.5) is 0 Å². The van der Waals surface area contributed by atoms with Crippen LogP contribution in [0.1, 0.15) is 33.1 Å². The van der Waals surface area contributed by atoms with Gasteiger partial charge in [-0.15, -0.1) is 0 Å². The Kier molecular flexibility index (Phi) is 10.1. The smallest absolute Gasteiger partial charge is 0.302 e. The molecule has 0 N–H and O–H groups in total. The number of hydrogen-bond acceptors (Lipinski definition) is 4. The van der Waals surface area contributed by atoms with Crippen molar-refractivity contribution < 1.29 is 28.0 Å². The van der Waals surface area contributed by atoms with E-state index in [2.05, 4.69) is 28.2 Å². The van der Waals surface area contributed by atoms with Crippen LogP contribution < -0.4 is 0 Å². The minimum Gasteiger partial charge on any atom is -0.460 e. The number of ether oxygens (including phenoxy) is 2. The van der Waals surface area contributed by atoms with Crippen LogP contribution in [0, 0.1) is 0 Å². The van der Waals surface area contributed by atoms with Gasteiger partial charge < -0.3 is 18.4 Å². The number of nitrogens with zero attached hydrogens (tertiary/aromatic N) is 2. The Morgan fingerprint density at radius 2 is 1.00 bits per heavy atom. The molecule has 0 saturated heterocycles. The van der Waals surface area contributed by atoms with Gasteiger partial charge in [-0.3, -0.25) is 9.59 Å². The van der Waals surface area contributed by atoms with Crippen molar-refractivity contribution in [1.29, 1.82) is 0 Å². The second-order valence-electron chi connectivity index (χ2n) is 7.51. The normalized spacial score (nSPS) is 12.1. The number of quaternary nitrogens is 2. The Morgan fingerprint density at radius 3 is 1.30 bits per heavy atom. The first-order valence-corrected chi connectivity index (χ1v) is 8.45. The molecule has 0 bridgehead atoms. The van der Waals surface area contributed by atoms with E-state index < -0.39 is 0 Å². The van der Waals surface area contributed by atoms with E-state index >= 15 is 0 Å². The molecule has 6 heteroatoms. The molecule has 0 spiro atoms. The van der Waals surface area contributed by atoms with E-state index in [0.29, 0.717) is 13.2 Å². The third-order valence-electron chi connectivity index (χ3n) is 4.03. The summed E-state index contributed by atoms with van der Waals surface area (Å²) in [6.45, 7) is 7.74. The Balaban J connectivity index is 3.76. The van der Waals surface area contributed by atoms with Crippen LogP contribution in [0.3, 0.4) is 0 Å². The van der Waals surface area contributed by atoms with E-state index in [-0.39, 0.29) is 11.9 Å². The van der Waals surface area contributed by atoms with Crippen molar-refractivity contribution in [3.63, 3.8) is 0 Å². The van der Waals surface area contributed by atoms with Crippen molar-refractivity contribution >= 4 is 11.9 Å². The molecule has 0 aromatic heterocycles. The summed E-state index contributed by atoms with van der Waals surface area (Å²) in [7, 11) is 8.68. The summed E-state index contributed by atoms with van der Waals surface area (Å²) in [6, 6.07) is 0. The van der Waals surface area contributed by atoms with Gasteiger partial charge in [-0.1, -0.05) is 0 Å². The average Bonchev–Trinajstić information content (AvgIpc) is 2.36. The molecule has 0 amide bonds. The molecule has 0 aliphatic rings. The molecule has 0 aliphatic carbocycles. The number of rotatable bonds is 12. The fourth-order valence-corrected chi connectivity index (χ4v) is 2.35. The van der Waals surface area contributed by atoms with Gasteiger partial charge in [0.25, 0.3) is 0 Å². The third-order valence-corrected chi connectivity index (χ3v) is 4.03. The Bertz CT molecular complexity index is 334. The molecular formula is C17H36N2O4+2. The van der Waals surface area contributed by atoms with E-state index in [4.69, 9.17) is 9.47 Å². The number of hydrogen-bond donors (Lipinski definition) is 0. The summed E-state index contributed by atoms with van der Waals surface area (Å²) in [5.41, 5.74) is 0. The lowest BCUT2D eigenvalue weighted by molar-refractivity contribution is -0.892. The highest BCUT2D eigenvalue weighted by Crippen LogP contribution is 2.07. The average molecular weight is 332 g/mol. The van der Waals surface area contributed by atoms with Crippen molar-refractivity contribution in [2.75, 3.05) is 67.6 Å². The van der Waals surface area contributed by atoms with E-state index in [1.54, 1.807) is 0 Å². The highest BCUT2D eigenvalue weighted by atomic mass is 16.5. The molecule has 0 aliphatic heterocycles. The van der Waals surface area contributed by atoms with E-state index in [1.165, 1.54) is 20.3 Å². The molecule has 0 atom stereocenters. The quantitative estimate of drug-likeness (QED) is 0.308.